The number of guanidine groups is 1. The molecule has 0 aromatic heterocycles. The summed E-state index contributed by atoms with van der Waals surface area (Å²) < 4.78 is 42.4. The number of ether oxygens (including phenoxy) is 1. The van der Waals surface area contributed by atoms with Crippen LogP contribution in [-0.2, 0) is 4.74 Å². The van der Waals surface area contributed by atoms with Crippen LogP contribution < -0.4 is 10.0 Å². The molecule has 0 saturated carbocycles. The van der Waals surface area contributed by atoms with Gasteiger partial charge in [-0.1, -0.05) is 35.0 Å². The molecule has 0 radical (unpaired) electrons. The summed E-state index contributed by atoms with van der Waals surface area (Å²) in [6.45, 7) is 0.672. The number of halogens is 1. The molecule has 2 aromatic carbocycles. The Labute approximate surface area is 151 Å². The number of benzene rings is 2. The smallest absolute Gasteiger partial charge is 0.214 e. The third kappa shape index (κ3) is 3.36. The van der Waals surface area contributed by atoms with E-state index in [4.69, 9.17) is 4.74 Å². The summed E-state index contributed by atoms with van der Waals surface area (Å²) in [5.41, 5.74) is 1.07. The van der Waals surface area contributed by atoms with Crippen LogP contribution in [-0.4, -0.2) is 35.3 Å². The van der Waals surface area contributed by atoms with E-state index in [0.717, 1.165) is 0 Å². The zero-order valence-corrected chi connectivity index (χ0v) is 14.7. The maximum absolute atomic E-state index is 14.0. The van der Waals surface area contributed by atoms with Crippen molar-refractivity contribution in [3.63, 3.8) is 0 Å². The Morgan fingerprint density at radius 3 is 2.69 bits per heavy atom. The van der Waals surface area contributed by atoms with E-state index in [9.17, 15) is 18.8 Å². The second-order valence-corrected chi connectivity index (χ2v) is 7.19. The van der Waals surface area contributed by atoms with Gasteiger partial charge in [0.2, 0.25) is 5.96 Å². The minimum atomic E-state index is -3.35. The summed E-state index contributed by atoms with van der Waals surface area (Å²) in [6, 6.07) is 11.0. The molecule has 0 aliphatic carbocycles. The Morgan fingerprint density at radius 2 is 1.96 bits per heavy atom. The van der Waals surface area contributed by atoms with Crippen molar-refractivity contribution in [1.82, 2.24) is 4.72 Å². The molecule has 0 unspecified atom stereocenters. The third-order valence-electron chi connectivity index (χ3n) is 3.80. The molecule has 0 bridgehead atoms. The van der Waals surface area contributed by atoms with Crippen LogP contribution in [0.5, 0.6) is 0 Å². The standard InChI is InChI=1S/C17H17FN4O3S/c1-25-9-8-20-17-21-16-12(5-3-7-15(16)26(23,24)22-17)11-4-2-6-14(18)13(11)10-19/h2-7,23-24H,8-9H2,1H3,(H2,20,21,22). The fourth-order valence-electron chi connectivity index (χ4n) is 2.64. The molecule has 9 heteroatoms. The number of nitriles is 1. The highest BCUT2D eigenvalue weighted by Crippen LogP contribution is 2.53. The minimum Gasteiger partial charge on any atom is -0.383 e. The van der Waals surface area contributed by atoms with E-state index in [1.807, 2.05) is 6.07 Å². The van der Waals surface area contributed by atoms with Crippen LogP contribution in [0.1, 0.15) is 5.56 Å². The van der Waals surface area contributed by atoms with Crippen LogP contribution in [0.25, 0.3) is 11.1 Å². The zero-order valence-electron chi connectivity index (χ0n) is 13.9. The maximum atomic E-state index is 14.0. The van der Waals surface area contributed by atoms with E-state index < -0.39 is 16.6 Å². The van der Waals surface area contributed by atoms with Gasteiger partial charge in [-0.15, -0.1) is 0 Å². The topological polar surface area (TPSA) is 110 Å². The number of fused-ring (bicyclic) bond motifs is 1. The van der Waals surface area contributed by atoms with Crippen LogP contribution in [0.2, 0.25) is 0 Å². The molecule has 1 aliphatic heterocycles. The lowest BCUT2D eigenvalue weighted by atomic mass is 9.98. The largest absolute Gasteiger partial charge is 0.383 e. The van der Waals surface area contributed by atoms with E-state index in [1.54, 1.807) is 24.3 Å². The predicted octanol–water partition coefficient (Wildman–Crippen LogP) is 3.41. The van der Waals surface area contributed by atoms with Crippen molar-refractivity contribution < 1.29 is 18.2 Å². The first-order chi connectivity index (χ1) is 12.5. The molecule has 0 atom stereocenters. The molecule has 1 aliphatic rings. The summed E-state index contributed by atoms with van der Waals surface area (Å²) in [5, 5.41) is 12.3. The van der Waals surface area contributed by atoms with E-state index in [0.29, 0.717) is 30.0 Å². The molecular weight excluding hydrogens is 359 g/mol. The van der Waals surface area contributed by atoms with Crippen molar-refractivity contribution >= 4 is 22.4 Å². The molecule has 3 rings (SSSR count). The number of hydrogen-bond acceptors (Lipinski definition) is 5. The number of aliphatic imine (C=N–C) groups is 1. The van der Waals surface area contributed by atoms with Gasteiger partial charge in [-0.25, -0.2) is 14.1 Å². The molecule has 26 heavy (non-hydrogen) atoms. The Morgan fingerprint density at radius 1 is 1.23 bits per heavy atom. The average Bonchev–Trinajstić information content (AvgIpc) is 2.61. The van der Waals surface area contributed by atoms with Gasteiger partial charge in [-0.3, -0.25) is 9.11 Å². The van der Waals surface area contributed by atoms with E-state index in [-0.39, 0.29) is 16.4 Å². The van der Waals surface area contributed by atoms with Crippen molar-refractivity contribution in [3.8, 4) is 17.2 Å². The average molecular weight is 376 g/mol. The van der Waals surface area contributed by atoms with Gasteiger partial charge in [0.1, 0.15) is 16.8 Å². The van der Waals surface area contributed by atoms with E-state index >= 15 is 0 Å². The van der Waals surface area contributed by atoms with Gasteiger partial charge in [-0.2, -0.15) is 5.26 Å². The van der Waals surface area contributed by atoms with Crippen molar-refractivity contribution in [3.05, 3.63) is 47.8 Å². The number of para-hydroxylation sites is 1. The second kappa shape index (κ2) is 7.31. The number of methoxy groups -OCH3 is 1. The van der Waals surface area contributed by atoms with Gasteiger partial charge in [0, 0.05) is 18.2 Å². The molecule has 2 aromatic rings. The Hall–Kier alpha value is -2.64. The fraction of sp³-hybridized carbons (Fsp3) is 0.176. The van der Waals surface area contributed by atoms with Crippen molar-refractivity contribution in [2.75, 3.05) is 25.6 Å². The van der Waals surface area contributed by atoms with Gasteiger partial charge in [0.15, 0.2) is 0 Å². The lowest BCUT2D eigenvalue weighted by Gasteiger charge is -2.40. The zero-order chi connectivity index (χ0) is 18.7. The van der Waals surface area contributed by atoms with Crippen LogP contribution >= 0.6 is 10.8 Å². The van der Waals surface area contributed by atoms with Gasteiger partial charge >= 0.3 is 0 Å². The molecule has 0 amide bonds. The Balaban J connectivity index is 2.14. The predicted molar refractivity (Wildman–Crippen MR) is 98.6 cm³/mol. The van der Waals surface area contributed by atoms with Crippen LogP contribution in [0, 0.1) is 17.1 Å². The summed E-state index contributed by atoms with van der Waals surface area (Å²) in [5.74, 6) is -0.478. The van der Waals surface area contributed by atoms with Gasteiger partial charge < -0.3 is 10.1 Å². The second-order valence-electron chi connectivity index (χ2n) is 5.45. The summed E-state index contributed by atoms with van der Waals surface area (Å²) >= 11 is 0. The number of nitrogens with one attached hydrogen (secondary N) is 2. The number of anilines is 1. The lowest BCUT2D eigenvalue weighted by molar-refractivity contribution is 0.208. The number of nitrogens with zero attached hydrogens (tertiary/aromatic N) is 2. The summed E-state index contributed by atoms with van der Waals surface area (Å²) in [4.78, 5) is 4.41. The highest BCUT2D eigenvalue weighted by Gasteiger charge is 2.30. The Bertz CT molecular complexity index is 911. The lowest BCUT2D eigenvalue weighted by Crippen LogP contribution is -2.38. The van der Waals surface area contributed by atoms with Crippen LogP contribution in [0.4, 0.5) is 10.1 Å². The van der Waals surface area contributed by atoms with Crippen molar-refractivity contribution in [1.29, 1.82) is 5.26 Å². The molecule has 1 heterocycles. The van der Waals surface area contributed by atoms with Crippen molar-refractivity contribution in [2.45, 2.75) is 4.90 Å². The van der Waals surface area contributed by atoms with Crippen LogP contribution in [0.15, 0.2) is 46.3 Å². The van der Waals surface area contributed by atoms with Gasteiger partial charge in [-0.05, 0) is 12.1 Å². The summed E-state index contributed by atoms with van der Waals surface area (Å²) in [6.07, 6.45) is 0. The number of rotatable bonds is 4. The summed E-state index contributed by atoms with van der Waals surface area (Å²) in [7, 11) is -1.81. The van der Waals surface area contributed by atoms with Gasteiger partial charge in [0.25, 0.3) is 0 Å². The monoisotopic (exact) mass is 376 g/mol. The first-order valence-corrected chi connectivity index (χ1v) is 9.21. The van der Waals surface area contributed by atoms with E-state index in [1.165, 1.54) is 19.2 Å². The highest BCUT2D eigenvalue weighted by molar-refractivity contribution is 8.23. The van der Waals surface area contributed by atoms with Crippen molar-refractivity contribution in [2.24, 2.45) is 4.99 Å². The fourth-order valence-corrected chi connectivity index (χ4v) is 3.85. The minimum absolute atomic E-state index is 0.115. The highest BCUT2D eigenvalue weighted by atomic mass is 32.3. The molecule has 0 saturated heterocycles. The molecule has 0 spiro atoms. The van der Waals surface area contributed by atoms with Gasteiger partial charge in [0.05, 0.1) is 24.4 Å². The molecule has 4 N–H and O–H groups in total. The first kappa shape index (κ1) is 18.2. The third-order valence-corrected chi connectivity index (χ3v) is 5.23. The first-order valence-electron chi connectivity index (χ1n) is 7.66. The SMILES string of the molecule is COCCN=C1Nc2c(-c3cccc(F)c3C#N)cccc2S(O)(O)N1. The molecule has 136 valence electrons. The Kier molecular flexibility index (Phi) is 5.11. The normalized spacial score (nSPS) is 17.6. The number of hydrogen-bond donors (Lipinski definition) is 4. The molecule has 0 fully saturated rings. The maximum Gasteiger partial charge on any atom is 0.214 e. The molecular formula is C17H17FN4O3S. The quantitative estimate of drug-likeness (QED) is 0.609. The van der Waals surface area contributed by atoms with Crippen LogP contribution in [0.3, 0.4) is 0 Å². The molecule has 7 nitrogen and oxygen atoms in total. The van der Waals surface area contributed by atoms with E-state index in [2.05, 4.69) is 15.0 Å².